The van der Waals surface area contributed by atoms with Crippen molar-refractivity contribution in [3.63, 3.8) is 0 Å². The van der Waals surface area contributed by atoms with E-state index in [0.717, 1.165) is 28.1 Å². The largest absolute Gasteiger partial charge is 0.461 e. The number of carbonyl (C=O) groups excluding carboxylic acids is 2. The molecule has 0 radical (unpaired) electrons. The third kappa shape index (κ3) is 4.85. The number of hydrogen-bond acceptors (Lipinski definition) is 4. The van der Waals surface area contributed by atoms with Gasteiger partial charge in [0, 0.05) is 16.8 Å². The molecule has 1 aromatic heterocycles. The minimum absolute atomic E-state index is 0.176. The van der Waals surface area contributed by atoms with Crippen LogP contribution in [-0.4, -0.2) is 28.3 Å². The van der Waals surface area contributed by atoms with Crippen LogP contribution in [0.5, 0.6) is 0 Å². The normalized spacial score (nSPS) is 10.6. The minimum Gasteiger partial charge on any atom is -0.461 e. The van der Waals surface area contributed by atoms with Crippen LogP contribution in [0.3, 0.4) is 0 Å². The number of nitrogens with zero attached hydrogens (tertiary/aromatic N) is 2. The highest BCUT2D eigenvalue weighted by Gasteiger charge is 2.18. The van der Waals surface area contributed by atoms with E-state index in [2.05, 4.69) is 10.4 Å². The standard InChI is InChI=1S/C27H25N3O3/c1-4-33-27(32)24-17-25(30(29-24)22-13-7-9-18(2)15-22)20-11-8-12-21(16-20)28-26(31)23-14-6-5-10-19(23)3/h5-17H,4H2,1-3H3,(H,28,31). The molecule has 0 saturated heterocycles. The zero-order valence-corrected chi connectivity index (χ0v) is 18.8. The fraction of sp³-hybridized carbons (Fsp3) is 0.148. The number of benzene rings is 3. The van der Waals surface area contributed by atoms with Crippen molar-refractivity contribution >= 4 is 17.6 Å². The van der Waals surface area contributed by atoms with Crippen LogP contribution in [0.25, 0.3) is 16.9 Å². The van der Waals surface area contributed by atoms with Crippen molar-refractivity contribution in [3.8, 4) is 16.9 Å². The van der Waals surface area contributed by atoms with Crippen LogP contribution in [-0.2, 0) is 4.74 Å². The lowest BCUT2D eigenvalue weighted by Gasteiger charge is -2.11. The Morgan fingerprint density at radius 2 is 1.73 bits per heavy atom. The second kappa shape index (κ2) is 9.53. The second-order valence-corrected chi connectivity index (χ2v) is 7.74. The lowest BCUT2D eigenvalue weighted by Crippen LogP contribution is -2.13. The zero-order valence-electron chi connectivity index (χ0n) is 18.8. The van der Waals surface area contributed by atoms with E-state index in [0.29, 0.717) is 11.3 Å². The highest BCUT2D eigenvalue weighted by atomic mass is 16.5. The third-order valence-corrected chi connectivity index (χ3v) is 5.25. The Bertz CT molecular complexity index is 1320. The zero-order chi connectivity index (χ0) is 23.4. The summed E-state index contributed by atoms with van der Waals surface area (Å²) in [6.07, 6.45) is 0. The Labute approximate surface area is 192 Å². The van der Waals surface area contributed by atoms with Crippen LogP contribution in [0.4, 0.5) is 5.69 Å². The maximum atomic E-state index is 12.8. The van der Waals surface area contributed by atoms with Crippen LogP contribution in [0.2, 0.25) is 0 Å². The van der Waals surface area contributed by atoms with E-state index in [9.17, 15) is 9.59 Å². The maximum absolute atomic E-state index is 12.8. The van der Waals surface area contributed by atoms with Crippen molar-refractivity contribution < 1.29 is 14.3 Å². The number of anilines is 1. The number of amides is 1. The van der Waals surface area contributed by atoms with Gasteiger partial charge in [-0.15, -0.1) is 0 Å². The van der Waals surface area contributed by atoms with Crippen molar-refractivity contribution in [2.75, 3.05) is 11.9 Å². The van der Waals surface area contributed by atoms with Gasteiger partial charge >= 0.3 is 5.97 Å². The molecule has 0 aliphatic heterocycles. The maximum Gasteiger partial charge on any atom is 0.358 e. The number of nitrogens with one attached hydrogen (secondary N) is 1. The summed E-state index contributed by atoms with van der Waals surface area (Å²) in [6, 6.07) is 24.5. The molecule has 1 heterocycles. The van der Waals surface area contributed by atoms with E-state index >= 15 is 0 Å². The molecule has 0 unspecified atom stereocenters. The van der Waals surface area contributed by atoms with Crippen molar-refractivity contribution in [1.82, 2.24) is 9.78 Å². The smallest absolute Gasteiger partial charge is 0.358 e. The summed E-state index contributed by atoms with van der Waals surface area (Å²) in [6.45, 7) is 5.94. The van der Waals surface area contributed by atoms with Crippen LogP contribution in [0, 0.1) is 13.8 Å². The molecule has 0 spiro atoms. The number of ether oxygens (including phenoxy) is 1. The van der Waals surface area contributed by atoms with Gasteiger partial charge in [0.2, 0.25) is 0 Å². The fourth-order valence-corrected chi connectivity index (χ4v) is 3.63. The van der Waals surface area contributed by atoms with Gasteiger partial charge in [-0.05, 0) is 68.3 Å². The van der Waals surface area contributed by atoms with E-state index < -0.39 is 5.97 Å². The second-order valence-electron chi connectivity index (χ2n) is 7.74. The van der Waals surface area contributed by atoms with Gasteiger partial charge in [0.15, 0.2) is 5.69 Å². The Morgan fingerprint density at radius 1 is 0.939 bits per heavy atom. The van der Waals surface area contributed by atoms with E-state index in [-0.39, 0.29) is 18.2 Å². The van der Waals surface area contributed by atoms with Gasteiger partial charge in [-0.2, -0.15) is 5.10 Å². The molecule has 0 aliphatic rings. The molecule has 1 N–H and O–H groups in total. The molecule has 0 fully saturated rings. The number of hydrogen-bond donors (Lipinski definition) is 1. The number of carbonyl (C=O) groups is 2. The first-order valence-electron chi connectivity index (χ1n) is 10.8. The molecule has 0 atom stereocenters. The van der Waals surface area contributed by atoms with E-state index in [1.165, 1.54) is 0 Å². The average Bonchev–Trinajstić information content (AvgIpc) is 3.25. The molecule has 33 heavy (non-hydrogen) atoms. The van der Waals surface area contributed by atoms with Gasteiger partial charge in [-0.25, -0.2) is 9.48 Å². The van der Waals surface area contributed by atoms with Gasteiger partial charge in [0.05, 0.1) is 18.0 Å². The fourth-order valence-electron chi connectivity index (χ4n) is 3.63. The van der Waals surface area contributed by atoms with E-state index in [4.69, 9.17) is 4.74 Å². The first-order valence-corrected chi connectivity index (χ1v) is 10.8. The molecule has 0 bridgehead atoms. The summed E-state index contributed by atoms with van der Waals surface area (Å²) in [5, 5.41) is 7.49. The highest BCUT2D eigenvalue weighted by molar-refractivity contribution is 6.05. The van der Waals surface area contributed by atoms with Gasteiger partial charge in [0.1, 0.15) is 0 Å². The Kier molecular flexibility index (Phi) is 6.36. The van der Waals surface area contributed by atoms with Crippen molar-refractivity contribution in [2.24, 2.45) is 0 Å². The molecule has 0 saturated carbocycles. The summed E-state index contributed by atoms with van der Waals surface area (Å²) >= 11 is 0. The summed E-state index contributed by atoms with van der Waals surface area (Å²) in [5.74, 6) is -0.654. The Balaban J connectivity index is 1.73. The van der Waals surface area contributed by atoms with Gasteiger partial charge in [0.25, 0.3) is 5.91 Å². The molecule has 4 rings (SSSR count). The van der Waals surface area contributed by atoms with Gasteiger partial charge in [-0.1, -0.05) is 42.5 Å². The van der Waals surface area contributed by atoms with Crippen LogP contribution in [0.15, 0.2) is 78.9 Å². The van der Waals surface area contributed by atoms with Gasteiger partial charge in [-0.3, -0.25) is 4.79 Å². The lowest BCUT2D eigenvalue weighted by atomic mass is 10.1. The molecule has 3 aromatic carbocycles. The third-order valence-electron chi connectivity index (χ3n) is 5.25. The first-order chi connectivity index (χ1) is 16.0. The molecule has 166 valence electrons. The number of esters is 1. The monoisotopic (exact) mass is 439 g/mol. The van der Waals surface area contributed by atoms with Crippen LogP contribution < -0.4 is 5.32 Å². The Hall–Kier alpha value is -4.19. The average molecular weight is 440 g/mol. The molecular weight excluding hydrogens is 414 g/mol. The molecule has 0 aliphatic carbocycles. The molecule has 4 aromatic rings. The van der Waals surface area contributed by atoms with E-state index in [1.54, 1.807) is 23.7 Å². The molecular formula is C27H25N3O3. The molecule has 6 nitrogen and oxygen atoms in total. The highest BCUT2D eigenvalue weighted by Crippen LogP contribution is 2.27. The summed E-state index contributed by atoms with van der Waals surface area (Å²) < 4.78 is 6.88. The quantitative estimate of drug-likeness (QED) is 0.398. The molecule has 6 heteroatoms. The summed E-state index contributed by atoms with van der Waals surface area (Å²) in [7, 11) is 0. The van der Waals surface area contributed by atoms with Gasteiger partial charge < -0.3 is 10.1 Å². The minimum atomic E-state index is -0.478. The first kappa shape index (κ1) is 22.0. The summed E-state index contributed by atoms with van der Waals surface area (Å²) in [5.41, 5.74) is 5.83. The van der Waals surface area contributed by atoms with Crippen LogP contribution in [0.1, 0.15) is 38.9 Å². The number of rotatable bonds is 6. The molecule has 1 amide bonds. The number of aromatic nitrogens is 2. The van der Waals surface area contributed by atoms with E-state index in [1.807, 2.05) is 80.6 Å². The SMILES string of the molecule is CCOC(=O)c1cc(-c2cccc(NC(=O)c3ccccc3C)c2)n(-c2cccc(C)c2)n1. The Morgan fingerprint density at radius 3 is 2.48 bits per heavy atom. The lowest BCUT2D eigenvalue weighted by molar-refractivity contribution is 0.0519. The van der Waals surface area contributed by atoms with Crippen molar-refractivity contribution in [1.29, 1.82) is 0 Å². The topological polar surface area (TPSA) is 73.2 Å². The predicted octanol–water partition coefficient (Wildman–Crippen LogP) is 5.59. The summed E-state index contributed by atoms with van der Waals surface area (Å²) in [4.78, 5) is 25.2. The van der Waals surface area contributed by atoms with Crippen molar-refractivity contribution in [3.05, 3.63) is 101 Å². The number of aryl methyl sites for hydroxylation is 2. The predicted molar refractivity (Wildman–Crippen MR) is 129 cm³/mol. The van der Waals surface area contributed by atoms with Crippen LogP contribution >= 0.6 is 0 Å². The van der Waals surface area contributed by atoms with Crippen molar-refractivity contribution in [2.45, 2.75) is 20.8 Å².